The summed E-state index contributed by atoms with van der Waals surface area (Å²) in [4.78, 5) is 14.5. The second kappa shape index (κ2) is 5.01. The van der Waals surface area contributed by atoms with Gasteiger partial charge in [0.2, 0.25) is 0 Å². The number of rotatable bonds is 2. The minimum absolute atomic E-state index is 0.230. The molecule has 2 aromatic carbocycles. The smallest absolute Gasteiger partial charge is 0.305 e. The first kappa shape index (κ1) is 13.3. The highest BCUT2D eigenvalue weighted by molar-refractivity contribution is 5.79. The van der Waals surface area contributed by atoms with Gasteiger partial charge < -0.3 is 4.98 Å². The van der Waals surface area contributed by atoms with Gasteiger partial charge in [0.15, 0.2) is 0 Å². The number of H-pyrrole nitrogens is 1. The summed E-state index contributed by atoms with van der Waals surface area (Å²) in [5, 5.41) is 0. The van der Waals surface area contributed by atoms with Crippen LogP contribution in [-0.2, 0) is 7.05 Å². The van der Waals surface area contributed by atoms with Crippen molar-refractivity contribution in [2.45, 2.75) is 0 Å². The van der Waals surface area contributed by atoms with Crippen LogP contribution in [0.15, 0.2) is 53.3 Å². The van der Waals surface area contributed by atoms with Crippen LogP contribution in [0.5, 0.6) is 0 Å². The molecule has 0 aliphatic heterocycles. The van der Waals surface area contributed by atoms with E-state index in [4.69, 9.17) is 0 Å². The molecule has 5 heteroatoms. The Bertz CT molecular complexity index is 865. The maximum atomic E-state index is 14.0. The highest BCUT2D eigenvalue weighted by Crippen LogP contribution is 2.32. The minimum Gasteiger partial charge on any atom is -0.305 e. The Balaban J connectivity index is 2.35. The van der Waals surface area contributed by atoms with Gasteiger partial charge in [-0.05, 0) is 24.3 Å². The van der Waals surface area contributed by atoms with Crippen molar-refractivity contribution in [1.82, 2.24) is 9.55 Å². The van der Waals surface area contributed by atoms with E-state index in [1.165, 1.54) is 23.7 Å². The van der Waals surface area contributed by atoms with E-state index < -0.39 is 17.3 Å². The number of aromatic amines is 1. The van der Waals surface area contributed by atoms with Crippen molar-refractivity contribution in [3.05, 3.63) is 70.6 Å². The molecule has 1 heterocycles. The number of benzene rings is 2. The van der Waals surface area contributed by atoms with Gasteiger partial charge in [-0.1, -0.05) is 24.3 Å². The molecule has 21 heavy (non-hydrogen) atoms. The summed E-state index contributed by atoms with van der Waals surface area (Å²) in [6.07, 6.45) is 0. The molecule has 0 bridgehead atoms. The molecule has 0 aliphatic rings. The summed E-state index contributed by atoms with van der Waals surface area (Å²) in [5.74, 6) is -0.943. The first-order valence-corrected chi connectivity index (χ1v) is 6.38. The molecule has 0 amide bonds. The van der Waals surface area contributed by atoms with Crippen molar-refractivity contribution in [3.8, 4) is 22.5 Å². The normalized spacial score (nSPS) is 10.8. The first-order valence-electron chi connectivity index (χ1n) is 6.38. The summed E-state index contributed by atoms with van der Waals surface area (Å²) in [7, 11) is 1.52. The molecule has 0 radical (unpaired) electrons. The molecule has 3 nitrogen and oxygen atoms in total. The Kier molecular flexibility index (Phi) is 3.17. The standard InChI is InChI=1S/C16H12F2N2O/c1-20-15(11-7-3-5-9-13(11)18)14(19-16(20)21)10-6-2-4-8-12(10)17/h2-9H,1H3,(H,19,21). The molecule has 3 aromatic rings. The summed E-state index contributed by atoms with van der Waals surface area (Å²) >= 11 is 0. The van der Waals surface area contributed by atoms with Gasteiger partial charge in [0.1, 0.15) is 11.6 Å². The second-order valence-electron chi connectivity index (χ2n) is 4.67. The summed E-state index contributed by atoms with van der Waals surface area (Å²) in [6, 6.07) is 12.2. The van der Waals surface area contributed by atoms with Gasteiger partial charge in [-0.15, -0.1) is 0 Å². The SMILES string of the molecule is Cn1c(-c2ccccc2F)c(-c2ccccc2F)[nH]c1=O. The van der Waals surface area contributed by atoms with Gasteiger partial charge in [0, 0.05) is 18.2 Å². The quantitative estimate of drug-likeness (QED) is 0.771. The Morgan fingerprint density at radius 3 is 2.00 bits per heavy atom. The van der Waals surface area contributed by atoms with E-state index in [9.17, 15) is 13.6 Å². The number of nitrogens with zero attached hydrogens (tertiary/aromatic N) is 1. The molecule has 0 atom stereocenters. The van der Waals surface area contributed by atoms with Crippen LogP contribution in [-0.4, -0.2) is 9.55 Å². The third kappa shape index (κ3) is 2.16. The zero-order valence-corrected chi connectivity index (χ0v) is 11.2. The molecule has 0 saturated heterocycles. The highest BCUT2D eigenvalue weighted by Gasteiger charge is 2.19. The predicted octanol–water partition coefficient (Wildman–Crippen LogP) is 3.33. The van der Waals surface area contributed by atoms with E-state index in [1.807, 2.05) is 0 Å². The van der Waals surface area contributed by atoms with E-state index in [0.717, 1.165) is 0 Å². The van der Waals surface area contributed by atoms with Crippen LogP contribution in [0.4, 0.5) is 8.78 Å². The van der Waals surface area contributed by atoms with Gasteiger partial charge in [-0.2, -0.15) is 0 Å². The summed E-state index contributed by atoms with van der Waals surface area (Å²) < 4.78 is 29.3. The summed E-state index contributed by atoms with van der Waals surface area (Å²) in [6.45, 7) is 0. The van der Waals surface area contributed by atoms with Gasteiger partial charge in [0.25, 0.3) is 0 Å². The monoisotopic (exact) mass is 286 g/mol. The molecule has 0 fully saturated rings. The zero-order chi connectivity index (χ0) is 15.0. The Labute approximate surface area is 119 Å². The van der Waals surface area contributed by atoms with Crippen molar-refractivity contribution in [2.75, 3.05) is 0 Å². The van der Waals surface area contributed by atoms with E-state index in [-0.39, 0.29) is 16.8 Å². The number of hydrogen-bond donors (Lipinski definition) is 1. The lowest BCUT2D eigenvalue weighted by molar-refractivity contribution is 0.628. The largest absolute Gasteiger partial charge is 0.326 e. The highest BCUT2D eigenvalue weighted by atomic mass is 19.1. The van der Waals surface area contributed by atoms with Gasteiger partial charge in [-0.3, -0.25) is 4.57 Å². The lowest BCUT2D eigenvalue weighted by Gasteiger charge is -2.08. The maximum Gasteiger partial charge on any atom is 0.326 e. The number of aromatic nitrogens is 2. The van der Waals surface area contributed by atoms with Crippen molar-refractivity contribution in [3.63, 3.8) is 0 Å². The van der Waals surface area contributed by atoms with Crippen LogP contribution < -0.4 is 5.69 Å². The van der Waals surface area contributed by atoms with Crippen molar-refractivity contribution in [1.29, 1.82) is 0 Å². The van der Waals surface area contributed by atoms with E-state index in [2.05, 4.69) is 4.98 Å². The van der Waals surface area contributed by atoms with E-state index in [1.54, 1.807) is 36.4 Å². The molecule has 0 spiro atoms. The average Bonchev–Trinajstić information content (AvgIpc) is 2.76. The molecule has 0 unspecified atom stereocenters. The Hall–Kier alpha value is -2.69. The lowest BCUT2D eigenvalue weighted by Crippen LogP contribution is -2.13. The number of imidazole rings is 1. The summed E-state index contributed by atoms with van der Waals surface area (Å²) in [5.41, 5.74) is 0.644. The van der Waals surface area contributed by atoms with Crippen LogP contribution >= 0.6 is 0 Å². The number of nitrogens with one attached hydrogen (secondary N) is 1. The first-order chi connectivity index (χ1) is 10.1. The van der Waals surface area contributed by atoms with Crippen LogP contribution in [0.1, 0.15) is 0 Å². The molecule has 3 rings (SSSR count). The topological polar surface area (TPSA) is 37.8 Å². The fraction of sp³-hybridized carbons (Fsp3) is 0.0625. The average molecular weight is 286 g/mol. The Morgan fingerprint density at radius 2 is 1.43 bits per heavy atom. The molecule has 1 N–H and O–H groups in total. The molecule has 106 valence electrons. The van der Waals surface area contributed by atoms with E-state index >= 15 is 0 Å². The molecular formula is C16H12F2N2O. The minimum atomic E-state index is -0.475. The van der Waals surface area contributed by atoms with Crippen LogP contribution in [0.2, 0.25) is 0 Å². The van der Waals surface area contributed by atoms with Crippen LogP contribution in [0.25, 0.3) is 22.5 Å². The number of hydrogen-bond acceptors (Lipinski definition) is 1. The van der Waals surface area contributed by atoms with Crippen LogP contribution in [0, 0.1) is 11.6 Å². The molecule has 1 aromatic heterocycles. The fourth-order valence-corrected chi connectivity index (χ4v) is 2.35. The third-order valence-corrected chi connectivity index (χ3v) is 3.38. The second-order valence-corrected chi connectivity index (χ2v) is 4.67. The molecule has 0 saturated carbocycles. The van der Waals surface area contributed by atoms with Crippen molar-refractivity contribution >= 4 is 0 Å². The van der Waals surface area contributed by atoms with Crippen molar-refractivity contribution < 1.29 is 8.78 Å². The Morgan fingerprint density at radius 1 is 0.905 bits per heavy atom. The van der Waals surface area contributed by atoms with Crippen LogP contribution in [0.3, 0.4) is 0 Å². The molecular weight excluding hydrogens is 274 g/mol. The zero-order valence-electron chi connectivity index (χ0n) is 11.2. The third-order valence-electron chi connectivity index (χ3n) is 3.38. The predicted molar refractivity (Wildman–Crippen MR) is 76.8 cm³/mol. The molecule has 0 aliphatic carbocycles. The lowest BCUT2D eigenvalue weighted by atomic mass is 10.0. The van der Waals surface area contributed by atoms with Gasteiger partial charge in [-0.25, -0.2) is 13.6 Å². The van der Waals surface area contributed by atoms with Crippen molar-refractivity contribution in [2.24, 2.45) is 7.05 Å². The number of halogens is 2. The fourth-order valence-electron chi connectivity index (χ4n) is 2.35. The maximum absolute atomic E-state index is 14.0. The van der Waals surface area contributed by atoms with Gasteiger partial charge >= 0.3 is 5.69 Å². The van der Waals surface area contributed by atoms with E-state index in [0.29, 0.717) is 5.69 Å². The van der Waals surface area contributed by atoms with Gasteiger partial charge in [0.05, 0.1) is 11.4 Å².